The van der Waals surface area contributed by atoms with Crippen molar-refractivity contribution >= 4 is 0 Å². The molecule has 4 nitrogen and oxygen atoms in total. The molecule has 0 aliphatic rings. The number of nitrogens with one attached hydrogen (secondary N) is 1. The van der Waals surface area contributed by atoms with Crippen LogP contribution >= 0.6 is 0 Å². The van der Waals surface area contributed by atoms with Crippen molar-refractivity contribution in [3.63, 3.8) is 0 Å². The molecule has 0 fully saturated rings. The molecule has 1 N–H and O–H groups in total. The number of hydrogen-bond acceptors (Lipinski definition) is 4. The third-order valence-electron chi connectivity index (χ3n) is 3.55. The Morgan fingerprint density at radius 1 is 1.14 bits per heavy atom. The van der Waals surface area contributed by atoms with Gasteiger partial charge >= 0.3 is 0 Å². The second kappa shape index (κ2) is 10.7. The summed E-state index contributed by atoms with van der Waals surface area (Å²) < 4.78 is 0. The van der Waals surface area contributed by atoms with Crippen molar-refractivity contribution in [2.24, 2.45) is 0 Å². The van der Waals surface area contributed by atoms with Crippen LogP contribution in [0.2, 0.25) is 0 Å². The molecule has 0 atom stereocenters. The van der Waals surface area contributed by atoms with Crippen LogP contribution in [0.3, 0.4) is 0 Å². The molecule has 120 valence electrons. The van der Waals surface area contributed by atoms with Crippen molar-refractivity contribution < 1.29 is 0 Å². The van der Waals surface area contributed by atoms with Gasteiger partial charge in [-0.15, -0.1) is 0 Å². The van der Waals surface area contributed by atoms with Crippen LogP contribution < -0.4 is 5.32 Å². The van der Waals surface area contributed by atoms with Crippen LogP contribution in [0.25, 0.3) is 0 Å². The van der Waals surface area contributed by atoms with E-state index >= 15 is 0 Å². The van der Waals surface area contributed by atoms with Gasteiger partial charge in [0.2, 0.25) is 0 Å². The van der Waals surface area contributed by atoms with Gasteiger partial charge in [0, 0.05) is 19.3 Å². The quantitative estimate of drug-likeness (QED) is 0.635. The summed E-state index contributed by atoms with van der Waals surface area (Å²) in [5.74, 6) is 0. The molecule has 0 bridgehead atoms. The Hall–Kier alpha value is -0.970. The highest BCUT2D eigenvalue weighted by Gasteiger charge is 2.05. The number of hydrogen-bond donors (Lipinski definition) is 1. The lowest BCUT2D eigenvalue weighted by Crippen LogP contribution is -2.27. The summed E-state index contributed by atoms with van der Waals surface area (Å²) in [5, 5.41) is 3.41. The minimum Gasteiger partial charge on any atom is -0.313 e. The molecule has 0 aliphatic heterocycles. The molecular formula is C17H32N4. The molecule has 4 heteroatoms. The van der Waals surface area contributed by atoms with E-state index in [1.54, 1.807) is 0 Å². The minimum atomic E-state index is 0.918. The summed E-state index contributed by atoms with van der Waals surface area (Å²) >= 11 is 0. The molecule has 0 unspecified atom stereocenters. The molecular weight excluding hydrogens is 260 g/mol. The molecule has 1 aromatic heterocycles. The molecule has 0 saturated heterocycles. The first-order valence-corrected chi connectivity index (χ1v) is 8.17. The first-order valence-electron chi connectivity index (χ1n) is 8.17. The smallest absolute Gasteiger partial charge is 0.0544 e. The number of rotatable bonds is 11. The Morgan fingerprint density at radius 3 is 2.52 bits per heavy atom. The first-order chi connectivity index (χ1) is 10.2. The van der Waals surface area contributed by atoms with Crippen molar-refractivity contribution in [1.82, 2.24) is 20.1 Å². The van der Waals surface area contributed by atoms with E-state index in [0.29, 0.717) is 0 Å². The number of nitrogens with zero attached hydrogens (tertiary/aromatic N) is 3. The average molecular weight is 292 g/mol. The summed E-state index contributed by atoms with van der Waals surface area (Å²) in [4.78, 5) is 9.30. The van der Waals surface area contributed by atoms with Crippen LogP contribution in [0.4, 0.5) is 0 Å². The van der Waals surface area contributed by atoms with Crippen LogP contribution in [-0.4, -0.2) is 55.1 Å². The fourth-order valence-electron chi connectivity index (χ4n) is 2.25. The van der Waals surface area contributed by atoms with E-state index in [1.807, 2.05) is 6.20 Å². The lowest BCUT2D eigenvalue weighted by molar-refractivity contribution is 0.256. The fourth-order valence-corrected chi connectivity index (χ4v) is 2.25. The lowest BCUT2D eigenvalue weighted by atomic mass is 10.2. The van der Waals surface area contributed by atoms with E-state index in [0.717, 1.165) is 39.3 Å². The third kappa shape index (κ3) is 8.15. The molecule has 1 aromatic rings. The van der Waals surface area contributed by atoms with Crippen molar-refractivity contribution in [2.45, 2.75) is 39.8 Å². The molecule has 0 aromatic carbocycles. The molecule has 0 radical (unpaired) electrons. The normalized spacial score (nSPS) is 11.5. The van der Waals surface area contributed by atoms with Gasteiger partial charge in [0.05, 0.1) is 5.69 Å². The van der Waals surface area contributed by atoms with Gasteiger partial charge < -0.3 is 10.2 Å². The molecule has 0 spiro atoms. The molecule has 0 aliphatic carbocycles. The Balaban J connectivity index is 2.37. The lowest BCUT2D eigenvalue weighted by Gasteiger charge is -2.21. The van der Waals surface area contributed by atoms with Crippen molar-refractivity contribution in [2.75, 3.05) is 40.3 Å². The van der Waals surface area contributed by atoms with Crippen molar-refractivity contribution in [3.8, 4) is 0 Å². The van der Waals surface area contributed by atoms with Crippen molar-refractivity contribution in [1.29, 1.82) is 0 Å². The second-order valence-corrected chi connectivity index (χ2v) is 5.86. The maximum Gasteiger partial charge on any atom is 0.0544 e. The van der Waals surface area contributed by atoms with E-state index in [1.165, 1.54) is 24.1 Å². The summed E-state index contributed by atoms with van der Waals surface area (Å²) in [6.07, 6.45) is 4.38. The second-order valence-electron chi connectivity index (χ2n) is 5.86. The van der Waals surface area contributed by atoms with Gasteiger partial charge in [-0.05, 0) is 64.7 Å². The van der Waals surface area contributed by atoms with E-state index in [9.17, 15) is 0 Å². The Morgan fingerprint density at radius 2 is 1.95 bits per heavy atom. The van der Waals surface area contributed by atoms with Gasteiger partial charge in [0.1, 0.15) is 0 Å². The van der Waals surface area contributed by atoms with Gasteiger partial charge in [-0.25, -0.2) is 0 Å². The summed E-state index contributed by atoms with van der Waals surface area (Å²) in [6, 6.07) is 4.36. The van der Waals surface area contributed by atoms with E-state index in [2.05, 4.69) is 60.2 Å². The van der Waals surface area contributed by atoms with Crippen LogP contribution in [0.1, 0.15) is 37.9 Å². The largest absolute Gasteiger partial charge is 0.313 e. The standard InChI is InChI=1S/C17H32N4/c1-5-10-18-13-16-8-9-17(19-14-16)15-21(6-2)12-7-11-20(3)4/h8-9,14,18H,5-7,10-13,15H2,1-4H3. The fraction of sp³-hybridized carbons (Fsp3) is 0.706. The van der Waals surface area contributed by atoms with Gasteiger partial charge in [0.25, 0.3) is 0 Å². The maximum atomic E-state index is 4.60. The van der Waals surface area contributed by atoms with Gasteiger partial charge in [-0.2, -0.15) is 0 Å². The van der Waals surface area contributed by atoms with E-state index in [-0.39, 0.29) is 0 Å². The highest BCUT2D eigenvalue weighted by atomic mass is 15.1. The summed E-state index contributed by atoms with van der Waals surface area (Å²) in [7, 11) is 4.26. The maximum absolute atomic E-state index is 4.60. The number of aromatic nitrogens is 1. The van der Waals surface area contributed by atoms with Gasteiger partial charge in [-0.1, -0.05) is 19.9 Å². The van der Waals surface area contributed by atoms with Gasteiger partial charge in [0.15, 0.2) is 0 Å². The predicted molar refractivity (Wildman–Crippen MR) is 90.4 cm³/mol. The number of pyridine rings is 1. The zero-order valence-corrected chi connectivity index (χ0v) is 14.2. The summed E-state index contributed by atoms with van der Waals surface area (Å²) in [5.41, 5.74) is 2.43. The SMILES string of the molecule is CCCNCc1ccc(CN(CC)CCCN(C)C)nc1. The summed E-state index contributed by atoms with van der Waals surface area (Å²) in [6.45, 7) is 10.7. The highest BCUT2D eigenvalue weighted by molar-refractivity contribution is 5.13. The van der Waals surface area contributed by atoms with Crippen LogP contribution in [0.15, 0.2) is 18.3 Å². The molecule has 1 rings (SSSR count). The topological polar surface area (TPSA) is 31.4 Å². The monoisotopic (exact) mass is 292 g/mol. The van der Waals surface area contributed by atoms with Crippen LogP contribution in [-0.2, 0) is 13.1 Å². The highest BCUT2D eigenvalue weighted by Crippen LogP contribution is 2.05. The minimum absolute atomic E-state index is 0.918. The molecule has 1 heterocycles. The molecule has 0 amide bonds. The predicted octanol–water partition coefficient (Wildman–Crippen LogP) is 2.35. The van der Waals surface area contributed by atoms with Gasteiger partial charge in [-0.3, -0.25) is 9.88 Å². The average Bonchev–Trinajstić information content (AvgIpc) is 2.48. The molecule has 21 heavy (non-hydrogen) atoms. The zero-order chi connectivity index (χ0) is 15.5. The van der Waals surface area contributed by atoms with Crippen molar-refractivity contribution in [3.05, 3.63) is 29.6 Å². The Labute approximate surface area is 130 Å². The zero-order valence-electron chi connectivity index (χ0n) is 14.2. The Kier molecular flexibility index (Phi) is 9.22. The van der Waals surface area contributed by atoms with Crippen LogP contribution in [0.5, 0.6) is 0 Å². The van der Waals surface area contributed by atoms with E-state index in [4.69, 9.17) is 0 Å². The van der Waals surface area contributed by atoms with Crippen LogP contribution in [0, 0.1) is 0 Å². The Bertz CT molecular complexity index is 362. The third-order valence-corrected chi connectivity index (χ3v) is 3.55. The molecule has 0 saturated carbocycles. The first kappa shape index (κ1) is 18.1. The van der Waals surface area contributed by atoms with E-state index < -0.39 is 0 Å².